The van der Waals surface area contributed by atoms with E-state index in [1.807, 2.05) is 26.1 Å². The summed E-state index contributed by atoms with van der Waals surface area (Å²) in [5, 5.41) is 9.21. The van der Waals surface area contributed by atoms with Crippen molar-refractivity contribution in [3.05, 3.63) is 34.9 Å². The normalized spacial score (nSPS) is 10.9. The second-order valence-corrected chi connectivity index (χ2v) is 5.41. The number of carbonyl (C=O) groups is 1. The van der Waals surface area contributed by atoms with Crippen LogP contribution in [0.5, 0.6) is 0 Å². The minimum absolute atomic E-state index is 0.0465. The van der Waals surface area contributed by atoms with Crippen LogP contribution in [0.25, 0.3) is 0 Å². The molecule has 1 amide bonds. The lowest BCUT2D eigenvalue weighted by molar-refractivity contribution is -0.130. The summed E-state index contributed by atoms with van der Waals surface area (Å²) in [4.78, 5) is 13.8. The molecule has 0 aromatic carbocycles. The van der Waals surface area contributed by atoms with E-state index in [9.17, 15) is 4.79 Å². The summed E-state index contributed by atoms with van der Waals surface area (Å²) < 4.78 is 3.54. The number of aromatic nitrogens is 4. The lowest BCUT2D eigenvalue weighted by Crippen LogP contribution is -2.27. The van der Waals surface area contributed by atoms with Gasteiger partial charge in [-0.05, 0) is 19.9 Å². The number of amides is 1. The van der Waals surface area contributed by atoms with Crippen molar-refractivity contribution in [2.75, 3.05) is 7.05 Å². The van der Waals surface area contributed by atoms with Crippen molar-refractivity contribution in [1.82, 2.24) is 24.5 Å². The monoisotopic (exact) mass is 309 g/mol. The Balaban J connectivity index is 1.88. The van der Waals surface area contributed by atoms with Crippen molar-refractivity contribution < 1.29 is 4.79 Å². The highest BCUT2D eigenvalue weighted by Gasteiger charge is 2.14. The van der Waals surface area contributed by atoms with Gasteiger partial charge in [-0.15, -0.1) is 0 Å². The van der Waals surface area contributed by atoms with E-state index in [0.29, 0.717) is 24.5 Å². The van der Waals surface area contributed by atoms with E-state index in [-0.39, 0.29) is 5.91 Å². The standard InChI is InChI=1S/C14H20ClN5O/c1-4-19-9-12(15)13(17-19)10-18(3)14(21)6-8-20-7-5-11(2)16-20/h5,7,9H,4,6,8,10H2,1-3H3. The highest BCUT2D eigenvalue weighted by Crippen LogP contribution is 2.15. The average Bonchev–Trinajstić information content (AvgIpc) is 3.02. The summed E-state index contributed by atoms with van der Waals surface area (Å²) in [6.45, 7) is 5.68. The van der Waals surface area contributed by atoms with Crippen molar-refractivity contribution in [1.29, 1.82) is 0 Å². The second kappa shape index (κ2) is 6.76. The number of carbonyl (C=O) groups excluding carboxylic acids is 1. The van der Waals surface area contributed by atoms with Gasteiger partial charge in [0.25, 0.3) is 0 Å². The SMILES string of the molecule is CCn1cc(Cl)c(CN(C)C(=O)CCn2ccc(C)n2)n1. The fraction of sp³-hybridized carbons (Fsp3) is 0.500. The Morgan fingerprint density at radius 1 is 1.38 bits per heavy atom. The third-order valence-corrected chi connectivity index (χ3v) is 3.57. The van der Waals surface area contributed by atoms with Gasteiger partial charge in [-0.1, -0.05) is 11.6 Å². The third-order valence-electron chi connectivity index (χ3n) is 3.25. The molecule has 0 spiro atoms. The molecule has 114 valence electrons. The Morgan fingerprint density at radius 3 is 2.71 bits per heavy atom. The molecule has 7 heteroatoms. The number of halogens is 1. The summed E-state index contributed by atoms with van der Waals surface area (Å²) in [6, 6.07) is 1.92. The summed E-state index contributed by atoms with van der Waals surface area (Å²) in [5.74, 6) is 0.0465. The Labute approximate surface area is 129 Å². The molecule has 0 N–H and O–H groups in total. The number of rotatable bonds is 6. The molecule has 6 nitrogen and oxygen atoms in total. The van der Waals surface area contributed by atoms with E-state index in [1.165, 1.54) is 0 Å². The van der Waals surface area contributed by atoms with Gasteiger partial charge in [0.05, 0.1) is 17.3 Å². The van der Waals surface area contributed by atoms with Crippen LogP contribution in [0.15, 0.2) is 18.5 Å². The van der Waals surface area contributed by atoms with Crippen LogP contribution in [0.4, 0.5) is 0 Å². The Bertz CT molecular complexity index is 619. The predicted octanol–water partition coefficient (Wildman–Crippen LogP) is 2.11. The number of hydrogen-bond acceptors (Lipinski definition) is 3. The number of aryl methyl sites for hydroxylation is 3. The molecule has 0 fully saturated rings. The van der Waals surface area contributed by atoms with Crippen molar-refractivity contribution >= 4 is 17.5 Å². The Morgan fingerprint density at radius 2 is 2.14 bits per heavy atom. The van der Waals surface area contributed by atoms with Crippen molar-refractivity contribution in [3.63, 3.8) is 0 Å². The highest BCUT2D eigenvalue weighted by molar-refractivity contribution is 6.31. The molecule has 2 aromatic heterocycles. The molecule has 2 rings (SSSR count). The largest absolute Gasteiger partial charge is 0.340 e. The van der Waals surface area contributed by atoms with Crippen molar-refractivity contribution in [2.45, 2.75) is 39.9 Å². The fourth-order valence-corrected chi connectivity index (χ4v) is 2.22. The molecule has 0 bridgehead atoms. The number of nitrogens with zero attached hydrogens (tertiary/aromatic N) is 5. The molecular weight excluding hydrogens is 290 g/mol. The van der Waals surface area contributed by atoms with Crippen LogP contribution >= 0.6 is 11.6 Å². The van der Waals surface area contributed by atoms with Crippen LogP contribution < -0.4 is 0 Å². The first-order valence-electron chi connectivity index (χ1n) is 6.95. The molecule has 2 aromatic rings. The van der Waals surface area contributed by atoms with Crippen LogP contribution in [0, 0.1) is 6.92 Å². The van der Waals surface area contributed by atoms with Crippen molar-refractivity contribution in [3.8, 4) is 0 Å². The molecular formula is C14H20ClN5O. The molecule has 0 radical (unpaired) electrons. The van der Waals surface area contributed by atoms with Gasteiger partial charge in [0.15, 0.2) is 0 Å². The summed E-state index contributed by atoms with van der Waals surface area (Å²) in [5.41, 5.74) is 1.68. The van der Waals surface area contributed by atoms with E-state index >= 15 is 0 Å². The topological polar surface area (TPSA) is 56.0 Å². The first-order valence-corrected chi connectivity index (χ1v) is 7.33. The molecule has 0 aliphatic rings. The quantitative estimate of drug-likeness (QED) is 0.821. The zero-order chi connectivity index (χ0) is 15.4. The summed E-state index contributed by atoms with van der Waals surface area (Å²) in [6.07, 6.45) is 4.06. The van der Waals surface area contributed by atoms with Gasteiger partial charge in [-0.25, -0.2) is 0 Å². The predicted molar refractivity (Wildman–Crippen MR) is 81.0 cm³/mol. The minimum atomic E-state index is 0.0465. The van der Waals surface area contributed by atoms with Gasteiger partial charge in [-0.3, -0.25) is 14.2 Å². The van der Waals surface area contributed by atoms with E-state index in [0.717, 1.165) is 17.9 Å². The van der Waals surface area contributed by atoms with E-state index < -0.39 is 0 Å². The molecule has 0 aliphatic heterocycles. The molecule has 0 aliphatic carbocycles. The van der Waals surface area contributed by atoms with Gasteiger partial charge < -0.3 is 4.90 Å². The molecule has 0 atom stereocenters. The minimum Gasteiger partial charge on any atom is -0.340 e. The molecule has 0 saturated heterocycles. The van der Waals surface area contributed by atoms with Gasteiger partial charge in [0.1, 0.15) is 5.69 Å². The van der Waals surface area contributed by atoms with Crippen molar-refractivity contribution in [2.24, 2.45) is 0 Å². The van der Waals surface area contributed by atoms with Gasteiger partial charge in [0, 0.05) is 39.0 Å². The zero-order valence-corrected chi connectivity index (χ0v) is 13.3. The molecule has 0 unspecified atom stereocenters. The Kier molecular flexibility index (Phi) is 5.01. The Hall–Kier alpha value is -1.82. The molecule has 21 heavy (non-hydrogen) atoms. The van der Waals surface area contributed by atoms with Crippen LogP contribution in [-0.4, -0.2) is 37.4 Å². The lowest BCUT2D eigenvalue weighted by atomic mass is 10.3. The van der Waals surface area contributed by atoms with Gasteiger partial charge in [-0.2, -0.15) is 10.2 Å². The van der Waals surface area contributed by atoms with Crippen LogP contribution in [-0.2, 0) is 24.4 Å². The molecule has 2 heterocycles. The zero-order valence-electron chi connectivity index (χ0n) is 12.6. The van der Waals surface area contributed by atoms with E-state index in [4.69, 9.17) is 11.6 Å². The average molecular weight is 310 g/mol. The smallest absolute Gasteiger partial charge is 0.224 e. The van der Waals surface area contributed by atoms with E-state index in [1.54, 1.807) is 27.5 Å². The maximum atomic E-state index is 12.1. The first-order chi connectivity index (χ1) is 9.99. The maximum absolute atomic E-state index is 12.1. The van der Waals surface area contributed by atoms with Crippen LogP contribution in [0.1, 0.15) is 24.7 Å². The van der Waals surface area contributed by atoms with Crippen LogP contribution in [0.2, 0.25) is 5.02 Å². The van der Waals surface area contributed by atoms with Gasteiger partial charge in [0.2, 0.25) is 5.91 Å². The van der Waals surface area contributed by atoms with Crippen LogP contribution in [0.3, 0.4) is 0 Å². The first kappa shape index (κ1) is 15.6. The summed E-state index contributed by atoms with van der Waals surface area (Å²) in [7, 11) is 1.76. The maximum Gasteiger partial charge on any atom is 0.224 e. The van der Waals surface area contributed by atoms with E-state index in [2.05, 4.69) is 10.2 Å². The third kappa shape index (κ3) is 4.07. The fourth-order valence-electron chi connectivity index (χ4n) is 2.01. The second-order valence-electron chi connectivity index (χ2n) is 5.00. The molecule has 0 saturated carbocycles. The lowest BCUT2D eigenvalue weighted by Gasteiger charge is -2.16. The highest BCUT2D eigenvalue weighted by atomic mass is 35.5. The number of hydrogen-bond donors (Lipinski definition) is 0. The summed E-state index contributed by atoms with van der Waals surface area (Å²) >= 11 is 6.11. The van der Waals surface area contributed by atoms with Gasteiger partial charge >= 0.3 is 0 Å².